The molecule has 13 heavy (non-hydrogen) atoms. The lowest BCUT2D eigenvalue weighted by Gasteiger charge is -2.10. The Bertz CT molecular complexity index is 363. The Balaban J connectivity index is 2.04. The number of aryl methyl sites for hydroxylation is 1. The van der Waals surface area contributed by atoms with Crippen molar-refractivity contribution in [3.8, 4) is 0 Å². The minimum atomic E-state index is 0.269. The topological polar surface area (TPSA) is 34.9 Å². The molecule has 0 radical (unpaired) electrons. The molecule has 68 valence electrons. The van der Waals surface area contributed by atoms with Gasteiger partial charge in [0.15, 0.2) is 5.78 Å². The molecule has 3 nitrogen and oxygen atoms in total. The van der Waals surface area contributed by atoms with Crippen LogP contribution in [0.25, 0.3) is 0 Å². The molecule has 0 spiro atoms. The first kappa shape index (κ1) is 7.30. The average Bonchev–Trinajstić information content (AvgIpc) is 2.87. The molecule has 2 aliphatic rings. The van der Waals surface area contributed by atoms with Crippen molar-refractivity contribution in [1.29, 1.82) is 0 Å². The van der Waals surface area contributed by atoms with Crippen molar-refractivity contribution in [2.24, 2.45) is 0 Å². The Morgan fingerprint density at radius 1 is 1.46 bits per heavy atom. The Morgan fingerprint density at radius 3 is 3.00 bits per heavy atom. The summed E-state index contributed by atoms with van der Waals surface area (Å²) in [7, 11) is 0. The lowest BCUT2D eigenvalue weighted by atomic mass is 10.1. The van der Waals surface area contributed by atoms with Gasteiger partial charge in [0.25, 0.3) is 0 Å². The van der Waals surface area contributed by atoms with E-state index in [9.17, 15) is 4.79 Å². The van der Waals surface area contributed by atoms with Gasteiger partial charge in [0.1, 0.15) is 5.69 Å². The van der Waals surface area contributed by atoms with Crippen molar-refractivity contribution in [1.82, 2.24) is 9.78 Å². The van der Waals surface area contributed by atoms with Crippen LogP contribution in [0, 0.1) is 0 Å². The van der Waals surface area contributed by atoms with E-state index in [1.165, 1.54) is 12.8 Å². The van der Waals surface area contributed by atoms with Gasteiger partial charge in [-0.15, -0.1) is 0 Å². The molecule has 0 unspecified atom stereocenters. The molecular formula is C10H12N2O. The van der Waals surface area contributed by atoms with Crippen LogP contribution < -0.4 is 0 Å². The van der Waals surface area contributed by atoms with Crippen LogP contribution in [0.3, 0.4) is 0 Å². The Labute approximate surface area is 76.7 Å². The molecule has 3 heteroatoms. The molecule has 0 N–H and O–H groups in total. The summed E-state index contributed by atoms with van der Waals surface area (Å²) in [6.07, 6.45) is 4.17. The SMILES string of the molecule is O=C1CCCn2nc(C3CC3)cc21. The number of aromatic nitrogens is 2. The van der Waals surface area contributed by atoms with E-state index in [0.717, 1.165) is 24.4 Å². The van der Waals surface area contributed by atoms with Crippen LogP contribution in [0.1, 0.15) is 47.8 Å². The van der Waals surface area contributed by atoms with E-state index in [1.54, 1.807) is 0 Å². The van der Waals surface area contributed by atoms with Gasteiger partial charge in [-0.3, -0.25) is 9.48 Å². The van der Waals surface area contributed by atoms with Gasteiger partial charge in [-0.2, -0.15) is 5.10 Å². The smallest absolute Gasteiger partial charge is 0.180 e. The predicted molar refractivity (Wildman–Crippen MR) is 47.8 cm³/mol. The number of nitrogens with zero attached hydrogens (tertiary/aromatic N) is 2. The summed E-state index contributed by atoms with van der Waals surface area (Å²) in [5, 5.41) is 4.46. The molecule has 0 saturated heterocycles. The summed E-state index contributed by atoms with van der Waals surface area (Å²) >= 11 is 0. The second kappa shape index (κ2) is 2.44. The summed E-state index contributed by atoms with van der Waals surface area (Å²) in [6.45, 7) is 0.924. The number of fused-ring (bicyclic) bond motifs is 1. The monoisotopic (exact) mass is 176 g/mol. The van der Waals surface area contributed by atoms with Gasteiger partial charge in [0, 0.05) is 18.9 Å². The van der Waals surface area contributed by atoms with E-state index >= 15 is 0 Å². The van der Waals surface area contributed by atoms with Crippen molar-refractivity contribution in [2.45, 2.75) is 38.1 Å². The number of hydrogen-bond donors (Lipinski definition) is 0. The van der Waals surface area contributed by atoms with Crippen LogP contribution in [-0.4, -0.2) is 15.6 Å². The fourth-order valence-corrected chi connectivity index (χ4v) is 1.93. The summed E-state index contributed by atoms with van der Waals surface area (Å²) in [4.78, 5) is 11.5. The fourth-order valence-electron chi connectivity index (χ4n) is 1.93. The first-order valence-electron chi connectivity index (χ1n) is 4.95. The third-order valence-corrected chi connectivity index (χ3v) is 2.85. The quantitative estimate of drug-likeness (QED) is 0.653. The molecule has 3 rings (SSSR count). The van der Waals surface area contributed by atoms with Crippen LogP contribution >= 0.6 is 0 Å². The highest BCUT2D eigenvalue weighted by atomic mass is 16.1. The van der Waals surface area contributed by atoms with Gasteiger partial charge in [0.05, 0.1) is 5.69 Å². The molecule has 1 aromatic rings. The van der Waals surface area contributed by atoms with Gasteiger partial charge in [-0.05, 0) is 25.3 Å². The molecule has 1 aliphatic heterocycles. The highest BCUT2D eigenvalue weighted by Crippen LogP contribution is 2.39. The average molecular weight is 176 g/mol. The van der Waals surface area contributed by atoms with Crippen LogP contribution in [0.2, 0.25) is 0 Å². The van der Waals surface area contributed by atoms with E-state index < -0.39 is 0 Å². The fraction of sp³-hybridized carbons (Fsp3) is 0.600. The second-order valence-electron chi connectivity index (χ2n) is 3.98. The van der Waals surface area contributed by atoms with Crippen LogP contribution in [0.5, 0.6) is 0 Å². The molecule has 1 aromatic heterocycles. The summed E-state index contributed by atoms with van der Waals surface area (Å²) < 4.78 is 1.89. The first-order valence-corrected chi connectivity index (χ1v) is 4.95. The molecular weight excluding hydrogens is 164 g/mol. The number of hydrogen-bond acceptors (Lipinski definition) is 2. The van der Waals surface area contributed by atoms with Gasteiger partial charge >= 0.3 is 0 Å². The zero-order chi connectivity index (χ0) is 8.84. The van der Waals surface area contributed by atoms with Gasteiger partial charge in [0.2, 0.25) is 0 Å². The Hall–Kier alpha value is -1.12. The zero-order valence-electron chi connectivity index (χ0n) is 7.49. The molecule has 2 heterocycles. The Kier molecular flexibility index (Phi) is 1.37. The van der Waals surface area contributed by atoms with Crippen molar-refractivity contribution in [3.05, 3.63) is 17.5 Å². The largest absolute Gasteiger partial charge is 0.292 e. The summed E-state index contributed by atoms with van der Waals surface area (Å²) in [5.41, 5.74) is 1.98. The zero-order valence-corrected chi connectivity index (χ0v) is 7.49. The minimum Gasteiger partial charge on any atom is -0.292 e. The lowest BCUT2D eigenvalue weighted by molar-refractivity contribution is 0.0951. The van der Waals surface area contributed by atoms with E-state index in [-0.39, 0.29) is 5.78 Å². The van der Waals surface area contributed by atoms with Crippen molar-refractivity contribution >= 4 is 5.78 Å². The van der Waals surface area contributed by atoms with Crippen LogP contribution in [0.15, 0.2) is 6.07 Å². The minimum absolute atomic E-state index is 0.269. The summed E-state index contributed by atoms with van der Waals surface area (Å²) in [5.74, 6) is 0.927. The lowest BCUT2D eigenvalue weighted by Crippen LogP contribution is -2.16. The molecule has 0 amide bonds. The van der Waals surface area contributed by atoms with Crippen molar-refractivity contribution in [2.75, 3.05) is 0 Å². The molecule has 0 bridgehead atoms. The highest BCUT2D eigenvalue weighted by Gasteiger charge is 2.29. The Morgan fingerprint density at radius 2 is 2.31 bits per heavy atom. The van der Waals surface area contributed by atoms with Gasteiger partial charge in [-0.1, -0.05) is 0 Å². The standard InChI is InChI=1S/C10H12N2O/c13-10-2-1-5-12-9(10)6-8(11-12)7-3-4-7/h6-7H,1-5H2. The van der Waals surface area contributed by atoms with Crippen molar-refractivity contribution in [3.63, 3.8) is 0 Å². The molecule has 1 saturated carbocycles. The number of carbonyl (C=O) groups is 1. The third-order valence-electron chi connectivity index (χ3n) is 2.85. The first-order chi connectivity index (χ1) is 6.34. The third kappa shape index (κ3) is 1.10. The second-order valence-corrected chi connectivity index (χ2v) is 3.98. The predicted octanol–water partition coefficient (Wildman–Crippen LogP) is 1.74. The van der Waals surface area contributed by atoms with E-state index in [1.807, 2.05) is 10.7 Å². The highest BCUT2D eigenvalue weighted by molar-refractivity contribution is 5.95. The number of carbonyl (C=O) groups excluding carboxylic acids is 1. The number of rotatable bonds is 1. The maximum atomic E-state index is 11.5. The molecule has 0 atom stereocenters. The maximum Gasteiger partial charge on any atom is 0.180 e. The van der Waals surface area contributed by atoms with Crippen LogP contribution in [-0.2, 0) is 6.54 Å². The number of Topliss-reactive ketones (excluding diaryl/α,β-unsaturated/α-hetero) is 1. The van der Waals surface area contributed by atoms with Crippen LogP contribution in [0.4, 0.5) is 0 Å². The van der Waals surface area contributed by atoms with E-state index in [2.05, 4.69) is 5.10 Å². The normalized spacial score (nSPS) is 21.7. The molecule has 1 fully saturated rings. The molecule has 1 aliphatic carbocycles. The molecule has 0 aromatic carbocycles. The maximum absolute atomic E-state index is 11.5. The van der Waals surface area contributed by atoms with Gasteiger partial charge in [-0.25, -0.2) is 0 Å². The number of ketones is 1. The summed E-state index contributed by atoms with van der Waals surface area (Å²) in [6, 6.07) is 2.00. The van der Waals surface area contributed by atoms with E-state index in [4.69, 9.17) is 0 Å². The van der Waals surface area contributed by atoms with Gasteiger partial charge < -0.3 is 0 Å². The van der Waals surface area contributed by atoms with E-state index in [0.29, 0.717) is 12.3 Å². The van der Waals surface area contributed by atoms with Crippen molar-refractivity contribution < 1.29 is 4.79 Å².